The quantitative estimate of drug-likeness (QED) is 0.699. The van der Waals surface area contributed by atoms with Crippen molar-refractivity contribution >= 4 is 22.9 Å². The van der Waals surface area contributed by atoms with E-state index in [2.05, 4.69) is 15.5 Å². The van der Waals surface area contributed by atoms with Crippen molar-refractivity contribution in [2.75, 3.05) is 12.4 Å². The molecular weight excluding hydrogens is 397 g/mol. The molecule has 0 aliphatic heterocycles. The van der Waals surface area contributed by atoms with Gasteiger partial charge in [-0.15, -0.1) is 10.2 Å². The predicted molar refractivity (Wildman–Crippen MR) is 95.7 cm³/mol. The monoisotopic (exact) mass is 410 g/mol. The first-order chi connectivity index (χ1) is 13.3. The highest BCUT2D eigenvalue weighted by Gasteiger charge is 2.31. The maximum absolute atomic E-state index is 12.8. The van der Waals surface area contributed by atoms with Gasteiger partial charge in [-0.3, -0.25) is 9.59 Å². The number of nitrogens with zero attached hydrogens (tertiary/aromatic N) is 3. The molecule has 0 saturated heterocycles. The summed E-state index contributed by atoms with van der Waals surface area (Å²) in [6, 6.07) is 8.16. The summed E-state index contributed by atoms with van der Waals surface area (Å²) in [6.07, 6.45) is -3.86. The van der Waals surface area contributed by atoms with Gasteiger partial charge in [0, 0.05) is 18.0 Å². The molecule has 11 heteroatoms. The third-order valence-corrected chi connectivity index (χ3v) is 4.53. The lowest BCUT2D eigenvalue weighted by molar-refractivity contribution is -0.138. The highest BCUT2D eigenvalue weighted by molar-refractivity contribution is 7.13. The van der Waals surface area contributed by atoms with Crippen molar-refractivity contribution in [3.05, 3.63) is 68.5 Å². The van der Waals surface area contributed by atoms with Crippen LogP contribution in [0.25, 0.3) is 0 Å². The molecule has 0 aliphatic rings. The van der Waals surface area contributed by atoms with Crippen LogP contribution in [-0.2, 0) is 12.7 Å². The normalized spacial score (nSPS) is 11.3. The Morgan fingerprint density at radius 3 is 2.54 bits per heavy atom. The molecule has 0 unspecified atom stereocenters. The minimum atomic E-state index is -4.57. The van der Waals surface area contributed by atoms with Crippen LogP contribution in [0.1, 0.15) is 20.4 Å². The van der Waals surface area contributed by atoms with E-state index in [1.54, 1.807) is 24.3 Å². The van der Waals surface area contributed by atoms with Crippen LogP contribution in [0.3, 0.4) is 0 Å². The number of carbonyl (C=O) groups excluding carboxylic acids is 1. The summed E-state index contributed by atoms with van der Waals surface area (Å²) < 4.78 is 44.3. The number of nitrogens with one attached hydrogen (secondary N) is 1. The molecule has 146 valence electrons. The molecule has 0 saturated carbocycles. The lowest BCUT2D eigenvalue weighted by atomic mass is 10.3. The van der Waals surface area contributed by atoms with Crippen molar-refractivity contribution in [2.24, 2.45) is 0 Å². The zero-order valence-electron chi connectivity index (χ0n) is 14.4. The van der Waals surface area contributed by atoms with E-state index in [-0.39, 0.29) is 16.6 Å². The van der Waals surface area contributed by atoms with Crippen LogP contribution in [0.5, 0.6) is 5.75 Å². The number of amides is 1. The molecule has 7 nitrogen and oxygen atoms in total. The minimum Gasteiger partial charge on any atom is -0.497 e. The van der Waals surface area contributed by atoms with E-state index in [1.807, 2.05) is 0 Å². The van der Waals surface area contributed by atoms with Crippen LogP contribution in [0.2, 0.25) is 0 Å². The first kappa shape index (κ1) is 19.5. The fourth-order valence-electron chi connectivity index (χ4n) is 2.24. The van der Waals surface area contributed by atoms with Gasteiger partial charge in [0.15, 0.2) is 0 Å². The van der Waals surface area contributed by atoms with E-state index < -0.39 is 23.2 Å². The summed E-state index contributed by atoms with van der Waals surface area (Å²) in [5, 5.41) is 10.4. The van der Waals surface area contributed by atoms with Crippen LogP contribution in [0.15, 0.2) is 47.4 Å². The van der Waals surface area contributed by atoms with Crippen LogP contribution in [-0.4, -0.2) is 27.8 Å². The highest BCUT2D eigenvalue weighted by Crippen LogP contribution is 2.28. The predicted octanol–water partition coefficient (Wildman–Crippen LogP) is 3.03. The maximum atomic E-state index is 12.8. The molecule has 1 amide bonds. The number of aromatic nitrogens is 3. The molecule has 1 aromatic carbocycles. The summed E-state index contributed by atoms with van der Waals surface area (Å²) in [5.74, 6) is 0.105. The number of hydrogen-bond acceptors (Lipinski definition) is 6. The molecule has 0 atom stereocenters. The van der Waals surface area contributed by atoms with Crippen LogP contribution in [0.4, 0.5) is 18.9 Å². The standard InChI is InChI=1S/C17H13F3N4O3S/c1-27-12-5-3-11(4-6-12)21-15(26)16-23-22-13(28-16)9-24-8-10(17(18,19)20)2-7-14(24)25/h2-8H,9H2,1H3,(H,21,26). The number of benzene rings is 1. The Morgan fingerprint density at radius 1 is 1.18 bits per heavy atom. The van der Waals surface area contributed by atoms with Crippen LogP contribution >= 0.6 is 11.3 Å². The summed E-state index contributed by atoms with van der Waals surface area (Å²) in [4.78, 5) is 24.0. The second-order valence-electron chi connectivity index (χ2n) is 5.57. The second kappa shape index (κ2) is 7.80. The molecule has 3 aromatic rings. The number of pyridine rings is 1. The number of ether oxygens (including phenoxy) is 1. The minimum absolute atomic E-state index is 0.0193. The lowest BCUT2D eigenvalue weighted by Gasteiger charge is -2.09. The number of carbonyl (C=O) groups is 1. The van der Waals surface area contributed by atoms with Gasteiger partial charge in [0.25, 0.3) is 11.5 Å². The van der Waals surface area contributed by atoms with Gasteiger partial charge in [0.05, 0.1) is 19.2 Å². The Balaban J connectivity index is 1.73. The van der Waals surface area contributed by atoms with Crippen LogP contribution in [0, 0.1) is 0 Å². The van der Waals surface area contributed by atoms with Gasteiger partial charge in [-0.2, -0.15) is 13.2 Å². The van der Waals surface area contributed by atoms with Gasteiger partial charge < -0.3 is 14.6 Å². The van der Waals surface area contributed by atoms with Gasteiger partial charge in [0.1, 0.15) is 10.8 Å². The Bertz CT molecular complexity index is 1040. The number of anilines is 1. The topological polar surface area (TPSA) is 86.1 Å². The van der Waals surface area contributed by atoms with Crippen LogP contribution < -0.4 is 15.6 Å². The fourth-order valence-corrected chi connectivity index (χ4v) is 2.97. The van der Waals surface area contributed by atoms with Gasteiger partial charge in [-0.25, -0.2) is 0 Å². The van der Waals surface area contributed by atoms with Crippen molar-refractivity contribution in [3.63, 3.8) is 0 Å². The maximum Gasteiger partial charge on any atom is 0.417 e. The van der Waals surface area contributed by atoms with E-state index in [1.165, 1.54) is 7.11 Å². The van der Waals surface area contributed by atoms with E-state index >= 15 is 0 Å². The largest absolute Gasteiger partial charge is 0.497 e. The van der Waals surface area contributed by atoms with Crippen molar-refractivity contribution in [2.45, 2.75) is 12.7 Å². The Hall–Kier alpha value is -3.21. The van der Waals surface area contributed by atoms with Gasteiger partial charge in [-0.1, -0.05) is 11.3 Å². The molecule has 0 aliphatic carbocycles. The van der Waals surface area contributed by atoms with Gasteiger partial charge >= 0.3 is 6.18 Å². The summed E-state index contributed by atoms with van der Waals surface area (Å²) in [5.41, 5.74) is -1.06. The third-order valence-electron chi connectivity index (χ3n) is 3.63. The molecule has 28 heavy (non-hydrogen) atoms. The van der Waals surface area contributed by atoms with E-state index in [9.17, 15) is 22.8 Å². The smallest absolute Gasteiger partial charge is 0.417 e. The van der Waals surface area contributed by atoms with Crippen molar-refractivity contribution in [3.8, 4) is 5.75 Å². The molecule has 2 heterocycles. The Kier molecular flexibility index (Phi) is 5.45. The average Bonchev–Trinajstić information content (AvgIpc) is 3.12. The first-order valence-electron chi connectivity index (χ1n) is 7.82. The summed E-state index contributed by atoms with van der Waals surface area (Å²) >= 11 is 0.885. The number of alkyl halides is 3. The van der Waals surface area contributed by atoms with E-state index in [0.717, 1.165) is 22.0 Å². The van der Waals surface area contributed by atoms with Crippen molar-refractivity contribution in [1.82, 2.24) is 14.8 Å². The molecule has 0 bridgehead atoms. The molecule has 0 fully saturated rings. The zero-order chi connectivity index (χ0) is 20.3. The highest BCUT2D eigenvalue weighted by atomic mass is 32.1. The van der Waals surface area contributed by atoms with Crippen molar-refractivity contribution in [1.29, 1.82) is 0 Å². The zero-order valence-corrected chi connectivity index (χ0v) is 15.2. The van der Waals surface area contributed by atoms with E-state index in [4.69, 9.17) is 4.74 Å². The first-order valence-corrected chi connectivity index (χ1v) is 8.63. The SMILES string of the molecule is COc1ccc(NC(=O)c2nnc(Cn3cc(C(F)(F)F)ccc3=O)s2)cc1. The van der Waals surface area contributed by atoms with Gasteiger partial charge in [0.2, 0.25) is 5.01 Å². The molecule has 0 radical (unpaired) electrons. The summed E-state index contributed by atoms with van der Waals surface area (Å²) in [6.45, 7) is -0.226. The fraction of sp³-hybridized carbons (Fsp3) is 0.176. The molecule has 1 N–H and O–H groups in total. The third kappa shape index (κ3) is 4.55. The summed E-state index contributed by atoms with van der Waals surface area (Å²) in [7, 11) is 1.52. The number of hydrogen-bond donors (Lipinski definition) is 1. The molecule has 2 aromatic heterocycles. The molecule has 0 spiro atoms. The molecule has 3 rings (SSSR count). The number of methoxy groups -OCH3 is 1. The molecular formula is C17H13F3N4O3S. The Labute approximate surface area is 160 Å². The van der Waals surface area contributed by atoms with Gasteiger partial charge in [-0.05, 0) is 30.3 Å². The lowest BCUT2D eigenvalue weighted by Crippen LogP contribution is -2.21. The number of rotatable bonds is 5. The van der Waals surface area contributed by atoms with E-state index in [0.29, 0.717) is 23.7 Å². The van der Waals surface area contributed by atoms with Crippen molar-refractivity contribution < 1.29 is 22.7 Å². The Morgan fingerprint density at radius 2 is 1.89 bits per heavy atom. The second-order valence-corrected chi connectivity index (χ2v) is 6.63. The number of halogens is 3. The average molecular weight is 410 g/mol.